The van der Waals surface area contributed by atoms with Crippen molar-refractivity contribution in [1.29, 1.82) is 0 Å². The van der Waals surface area contributed by atoms with E-state index >= 15 is 0 Å². The summed E-state index contributed by atoms with van der Waals surface area (Å²) in [7, 11) is 0. The Balaban J connectivity index is 3.17. The molecule has 0 rings (SSSR count). The predicted octanol–water partition coefficient (Wildman–Crippen LogP) is 1.17. The highest BCUT2D eigenvalue weighted by molar-refractivity contribution is 6.29. The van der Waals surface area contributed by atoms with Crippen LogP contribution in [0.3, 0.4) is 0 Å². The molecule has 0 bridgehead atoms. The topological polar surface area (TPSA) is 20.2 Å². The van der Waals surface area contributed by atoms with Gasteiger partial charge < -0.3 is 5.11 Å². The quantitative estimate of drug-likeness (QED) is 0.527. The smallest absolute Gasteiger partial charge is 0.149 e. The van der Waals surface area contributed by atoms with Crippen molar-refractivity contribution in [2.45, 2.75) is 12.0 Å². The first-order chi connectivity index (χ1) is 2.56. The number of halogens is 2. The van der Waals surface area contributed by atoms with Gasteiger partial charge in [-0.25, -0.2) is 0 Å². The van der Waals surface area contributed by atoms with Crippen LogP contribution in [0.5, 0.6) is 0 Å². The molecule has 1 N–H and O–H groups in total. The van der Waals surface area contributed by atoms with E-state index < -0.39 is 5.06 Å². The Morgan fingerprint density at radius 1 is 1.83 bits per heavy atom. The monoisotopic (exact) mass is 128 g/mol. The lowest BCUT2D eigenvalue weighted by molar-refractivity contribution is 0.174. The Kier molecular flexibility index (Phi) is 2.19. The number of hydrogen-bond acceptors (Lipinski definition) is 1. The predicted molar refractivity (Wildman–Crippen MR) is 27.2 cm³/mol. The molecule has 0 heterocycles. The Morgan fingerprint density at radius 3 is 2.00 bits per heavy atom. The zero-order valence-corrected chi connectivity index (χ0v) is 4.92. The van der Waals surface area contributed by atoms with Crippen LogP contribution in [0.15, 0.2) is 0 Å². The molecule has 6 heavy (non-hydrogen) atoms. The minimum atomic E-state index is -1.22. The summed E-state index contributed by atoms with van der Waals surface area (Å²) >= 11 is 10.2. The van der Waals surface area contributed by atoms with Gasteiger partial charge in [0, 0.05) is 0 Å². The highest BCUT2D eigenvalue weighted by Crippen LogP contribution is 2.09. The van der Waals surface area contributed by atoms with E-state index in [2.05, 4.69) is 0 Å². The van der Waals surface area contributed by atoms with E-state index in [4.69, 9.17) is 28.3 Å². The molecule has 0 aromatic heterocycles. The van der Waals surface area contributed by atoms with Crippen LogP contribution in [0.25, 0.3) is 0 Å². The lowest BCUT2D eigenvalue weighted by Gasteiger charge is -2.06. The average molecular weight is 129 g/mol. The molecule has 0 fully saturated rings. The maximum absolute atomic E-state index is 8.46. The van der Waals surface area contributed by atoms with E-state index in [1.165, 1.54) is 6.92 Å². The van der Waals surface area contributed by atoms with Crippen LogP contribution in [0, 0.1) is 0 Å². The van der Waals surface area contributed by atoms with Crippen LogP contribution in [0.4, 0.5) is 0 Å². The Hall–Kier alpha value is 0.540. The van der Waals surface area contributed by atoms with E-state index in [1.54, 1.807) is 0 Å². The first kappa shape index (κ1) is 6.54. The van der Waals surface area contributed by atoms with Gasteiger partial charge in [0.2, 0.25) is 0 Å². The van der Waals surface area contributed by atoms with Crippen molar-refractivity contribution >= 4 is 23.2 Å². The van der Waals surface area contributed by atoms with Crippen LogP contribution < -0.4 is 0 Å². The standard InChI is InChI=1S/C3H6Cl2O/c1-3(5,6)2-4/h6H,2H2,1H3/t3-/m1/s1. The third-order valence-electron chi connectivity index (χ3n) is 0.244. The van der Waals surface area contributed by atoms with Gasteiger partial charge in [0.25, 0.3) is 0 Å². The molecule has 0 aliphatic carbocycles. The summed E-state index contributed by atoms with van der Waals surface area (Å²) in [6.45, 7) is 1.43. The normalized spacial score (nSPS) is 20.0. The van der Waals surface area contributed by atoms with Gasteiger partial charge in [-0.2, -0.15) is 0 Å². The molecular weight excluding hydrogens is 123 g/mol. The number of alkyl halides is 2. The molecule has 0 saturated heterocycles. The summed E-state index contributed by atoms with van der Waals surface area (Å²) in [5.41, 5.74) is 0. The van der Waals surface area contributed by atoms with Crippen molar-refractivity contribution in [3.05, 3.63) is 0 Å². The van der Waals surface area contributed by atoms with E-state index in [0.29, 0.717) is 0 Å². The molecule has 0 aromatic rings. The van der Waals surface area contributed by atoms with Crippen LogP contribution in [-0.2, 0) is 0 Å². The highest BCUT2D eigenvalue weighted by Gasteiger charge is 2.11. The minimum absolute atomic E-state index is 0.0640. The summed E-state index contributed by atoms with van der Waals surface area (Å²) in [4.78, 5) is 0. The van der Waals surface area contributed by atoms with Crippen LogP contribution >= 0.6 is 23.2 Å². The van der Waals surface area contributed by atoms with Gasteiger partial charge >= 0.3 is 0 Å². The fourth-order valence-corrected chi connectivity index (χ4v) is 0. The van der Waals surface area contributed by atoms with Gasteiger partial charge in [-0.3, -0.25) is 0 Å². The van der Waals surface area contributed by atoms with Gasteiger partial charge in [-0.15, -0.1) is 11.6 Å². The van der Waals surface area contributed by atoms with Crippen molar-refractivity contribution in [3.8, 4) is 0 Å². The van der Waals surface area contributed by atoms with Crippen LogP contribution in [0.1, 0.15) is 6.92 Å². The van der Waals surface area contributed by atoms with Crippen molar-refractivity contribution in [2.24, 2.45) is 0 Å². The maximum Gasteiger partial charge on any atom is 0.149 e. The second kappa shape index (κ2) is 2.01. The van der Waals surface area contributed by atoms with E-state index in [0.717, 1.165) is 0 Å². The van der Waals surface area contributed by atoms with Crippen LogP contribution in [0.2, 0.25) is 0 Å². The summed E-state index contributed by atoms with van der Waals surface area (Å²) in [6, 6.07) is 0. The van der Waals surface area contributed by atoms with E-state index in [9.17, 15) is 0 Å². The van der Waals surface area contributed by atoms with Crippen molar-refractivity contribution in [2.75, 3.05) is 5.88 Å². The molecule has 38 valence electrons. The molecule has 1 atom stereocenters. The first-order valence-electron chi connectivity index (χ1n) is 1.53. The maximum atomic E-state index is 8.46. The third kappa shape index (κ3) is 4.54. The van der Waals surface area contributed by atoms with Gasteiger partial charge in [0.15, 0.2) is 0 Å². The SMILES string of the molecule is C[C@](O)(Cl)CCl. The number of hydrogen-bond donors (Lipinski definition) is 1. The Labute approximate surface area is 46.9 Å². The second-order valence-electron chi connectivity index (χ2n) is 1.28. The largest absolute Gasteiger partial charge is 0.374 e. The van der Waals surface area contributed by atoms with Crippen molar-refractivity contribution in [1.82, 2.24) is 0 Å². The lowest BCUT2D eigenvalue weighted by atomic mass is 10.5. The molecule has 0 aliphatic rings. The van der Waals surface area contributed by atoms with Gasteiger partial charge in [-0.1, -0.05) is 11.6 Å². The molecule has 3 heteroatoms. The van der Waals surface area contributed by atoms with Gasteiger partial charge in [-0.05, 0) is 6.92 Å². The number of rotatable bonds is 1. The molecule has 0 radical (unpaired) electrons. The molecule has 0 spiro atoms. The summed E-state index contributed by atoms with van der Waals surface area (Å²) < 4.78 is 0. The van der Waals surface area contributed by atoms with E-state index in [1.807, 2.05) is 0 Å². The van der Waals surface area contributed by atoms with Crippen molar-refractivity contribution < 1.29 is 5.11 Å². The fraction of sp³-hybridized carbons (Fsp3) is 1.00. The fourth-order valence-electron chi connectivity index (χ4n) is 0. The third-order valence-corrected chi connectivity index (χ3v) is 1.03. The average Bonchev–Trinajstić information content (AvgIpc) is 1.35. The van der Waals surface area contributed by atoms with Crippen molar-refractivity contribution in [3.63, 3.8) is 0 Å². The molecule has 0 amide bonds. The number of aliphatic hydroxyl groups is 1. The molecular formula is C3H6Cl2O. The van der Waals surface area contributed by atoms with E-state index in [-0.39, 0.29) is 5.88 Å². The summed E-state index contributed by atoms with van der Waals surface area (Å²) in [5.74, 6) is 0.0640. The summed E-state index contributed by atoms with van der Waals surface area (Å²) in [6.07, 6.45) is 0. The second-order valence-corrected chi connectivity index (χ2v) is 2.36. The highest BCUT2D eigenvalue weighted by atomic mass is 35.5. The minimum Gasteiger partial charge on any atom is -0.374 e. The lowest BCUT2D eigenvalue weighted by Crippen LogP contribution is -2.15. The zero-order valence-electron chi connectivity index (χ0n) is 3.41. The molecule has 1 nitrogen and oxygen atoms in total. The van der Waals surface area contributed by atoms with Gasteiger partial charge in [0.05, 0.1) is 5.88 Å². The Morgan fingerprint density at radius 2 is 2.00 bits per heavy atom. The van der Waals surface area contributed by atoms with Gasteiger partial charge in [0.1, 0.15) is 5.06 Å². The molecule has 0 unspecified atom stereocenters. The molecule has 0 aromatic carbocycles. The molecule has 0 saturated carbocycles. The Bertz CT molecular complexity index is 38.5. The zero-order chi connectivity index (χ0) is 5.21. The van der Waals surface area contributed by atoms with Crippen LogP contribution in [-0.4, -0.2) is 16.0 Å². The molecule has 0 aliphatic heterocycles. The first-order valence-corrected chi connectivity index (χ1v) is 2.45. The summed E-state index contributed by atoms with van der Waals surface area (Å²) in [5, 5.41) is 7.24.